The summed E-state index contributed by atoms with van der Waals surface area (Å²) < 4.78 is 1.59. The van der Waals surface area contributed by atoms with Crippen molar-refractivity contribution >= 4 is 34.9 Å². The van der Waals surface area contributed by atoms with Gasteiger partial charge in [0.2, 0.25) is 0 Å². The molecule has 2 aromatic carbocycles. The van der Waals surface area contributed by atoms with Crippen LogP contribution in [0.4, 0.5) is 0 Å². The summed E-state index contributed by atoms with van der Waals surface area (Å²) in [5.74, 6) is 0. The highest BCUT2D eigenvalue weighted by atomic mass is 35.5. The van der Waals surface area contributed by atoms with E-state index in [4.69, 9.17) is 11.6 Å². The number of benzene rings is 2. The Morgan fingerprint density at radius 2 is 2.11 bits per heavy atom. The number of hydrogen-bond donors (Lipinski definition) is 2. The van der Waals surface area contributed by atoms with Gasteiger partial charge in [0.25, 0.3) is 0 Å². The fraction of sp³-hybridized carbons (Fsp3) is 0.143. The first-order valence-electron chi connectivity index (χ1n) is 8.50. The highest BCUT2D eigenvalue weighted by molar-refractivity contribution is 6.31. The smallest absolute Gasteiger partial charge is 0.326 e. The zero-order valence-electron chi connectivity index (χ0n) is 15.3. The van der Waals surface area contributed by atoms with E-state index in [-0.39, 0.29) is 5.69 Å². The van der Waals surface area contributed by atoms with Crippen LogP contribution in [-0.2, 0) is 13.6 Å². The fourth-order valence-corrected chi connectivity index (χ4v) is 3.06. The van der Waals surface area contributed by atoms with Crippen LogP contribution in [-0.4, -0.2) is 16.3 Å². The molecule has 0 atom stereocenters. The largest absolute Gasteiger partial charge is 0.384 e. The predicted octanol–water partition coefficient (Wildman–Crippen LogP) is 4.26. The number of aromatic nitrogens is 2. The van der Waals surface area contributed by atoms with E-state index < -0.39 is 0 Å². The SMILES string of the molecule is C=N/C=C(\C=C(/C)NCc1ccccc1Cl)c1ccc2[nH]c(=O)n(C)c2c1. The number of allylic oxidation sites excluding steroid dienone is 3. The normalized spacial score (nSPS) is 12.4. The van der Waals surface area contributed by atoms with Crippen molar-refractivity contribution in [3.8, 4) is 0 Å². The first-order chi connectivity index (χ1) is 13.0. The minimum atomic E-state index is -0.136. The maximum absolute atomic E-state index is 11.8. The average molecular weight is 381 g/mol. The molecule has 0 aliphatic heterocycles. The van der Waals surface area contributed by atoms with Crippen molar-refractivity contribution in [1.82, 2.24) is 14.9 Å². The molecule has 0 spiro atoms. The second kappa shape index (κ2) is 8.10. The number of nitrogens with zero attached hydrogens (tertiary/aromatic N) is 2. The number of H-pyrrole nitrogens is 1. The standard InChI is InChI=1S/C21H21ClN4O/c1-14(24-13-16-6-4-5-7-18(16)22)10-17(12-23-2)15-8-9-19-20(11-15)26(3)21(27)25-19/h4-12,24H,2,13H2,1,3H3,(H,25,27)/b14-10+,17-12+. The van der Waals surface area contributed by atoms with Crippen molar-refractivity contribution in [2.75, 3.05) is 0 Å². The molecule has 5 nitrogen and oxygen atoms in total. The molecule has 0 bridgehead atoms. The summed E-state index contributed by atoms with van der Waals surface area (Å²) in [7, 11) is 1.74. The molecule has 1 aromatic heterocycles. The summed E-state index contributed by atoms with van der Waals surface area (Å²) in [6.07, 6.45) is 3.70. The van der Waals surface area contributed by atoms with E-state index in [0.29, 0.717) is 6.54 Å². The van der Waals surface area contributed by atoms with Gasteiger partial charge in [0.05, 0.1) is 11.0 Å². The van der Waals surface area contributed by atoms with Crippen LogP contribution in [0.25, 0.3) is 16.6 Å². The number of aryl methyl sites for hydroxylation is 1. The van der Waals surface area contributed by atoms with Gasteiger partial charge in [0.1, 0.15) is 0 Å². The van der Waals surface area contributed by atoms with Gasteiger partial charge in [-0.15, -0.1) is 0 Å². The lowest BCUT2D eigenvalue weighted by molar-refractivity contribution is 0.813. The molecule has 0 radical (unpaired) electrons. The molecular formula is C21H21ClN4O. The molecule has 1 heterocycles. The van der Waals surface area contributed by atoms with Gasteiger partial charge in [-0.1, -0.05) is 35.9 Å². The molecular weight excluding hydrogens is 360 g/mol. The van der Waals surface area contributed by atoms with E-state index in [2.05, 4.69) is 22.0 Å². The number of aromatic amines is 1. The van der Waals surface area contributed by atoms with Crippen molar-refractivity contribution in [2.45, 2.75) is 13.5 Å². The number of rotatable bonds is 6. The third kappa shape index (κ3) is 4.20. The summed E-state index contributed by atoms with van der Waals surface area (Å²) in [5.41, 5.74) is 5.34. The molecule has 0 saturated heterocycles. The number of hydrogen-bond acceptors (Lipinski definition) is 3. The number of nitrogens with one attached hydrogen (secondary N) is 2. The molecule has 0 saturated carbocycles. The van der Waals surface area contributed by atoms with Crippen molar-refractivity contribution in [2.24, 2.45) is 12.0 Å². The molecule has 0 unspecified atom stereocenters. The summed E-state index contributed by atoms with van der Waals surface area (Å²) >= 11 is 6.21. The van der Waals surface area contributed by atoms with Gasteiger partial charge < -0.3 is 10.3 Å². The highest BCUT2D eigenvalue weighted by Crippen LogP contribution is 2.22. The minimum Gasteiger partial charge on any atom is -0.384 e. The Morgan fingerprint density at radius 1 is 1.33 bits per heavy atom. The number of fused-ring (bicyclic) bond motifs is 1. The van der Waals surface area contributed by atoms with Crippen molar-refractivity contribution in [3.63, 3.8) is 0 Å². The highest BCUT2D eigenvalue weighted by Gasteiger charge is 2.07. The van der Waals surface area contributed by atoms with Crippen LogP contribution >= 0.6 is 11.6 Å². The van der Waals surface area contributed by atoms with Gasteiger partial charge in [-0.2, -0.15) is 0 Å². The van der Waals surface area contributed by atoms with E-state index in [1.54, 1.807) is 17.8 Å². The Kier molecular flexibility index (Phi) is 5.62. The first-order valence-corrected chi connectivity index (χ1v) is 8.88. The van der Waals surface area contributed by atoms with Gasteiger partial charge in [-0.25, -0.2) is 4.79 Å². The second-order valence-corrected chi connectivity index (χ2v) is 6.67. The summed E-state index contributed by atoms with van der Waals surface area (Å²) in [4.78, 5) is 18.5. The lowest BCUT2D eigenvalue weighted by Gasteiger charge is -2.10. The molecule has 3 rings (SSSR count). The lowest BCUT2D eigenvalue weighted by Crippen LogP contribution is -2.11. The molecule has 0 aliphatic rings. The average Bonchev–Trinajstić information content (AvgIpc) is 2.94. The predicted molar refractivity (Wildman–Crippen MR) is 113 cm³/mol. The quantitative estimate of drug-likeness (QED) is 0.496. The zero-order chi connectivity index (χ0) is 19.4. The second-order valence-electron chi connectivity index (χ2n) is 6.26. The zero-order valence-corrected chi connectivity index (χ0v) is 16.0. The van der Waals surface area contributed by atoms with Gasteiger partial charge in [0.15, 0.2) is 0 Å². The van der Waals surface area contributed by atoms with Crippen molar-refractivity contribution < 1.29 is 0 Å². The molecule has 0 amide bonds. The van der Waals surface area contributed by atoms with Crippen molar-refractivity contribution in [3.05, 3.63) is 87.1 Å². The minimum absolute atomic E-state index is 0.136. The van der Waals surface area contributed by atoms with Gasteiger partial charge in [-0.05, 0) is 49.0 Å². The maximum atomic E-state index is 11.8. The van der Waals surface area contributed by atoms with Crippen LogP contribution in [0, 0.1) is 0 Å². The molecule has 0 aliphatic carbocycles. The summed E-state index contributed by atoms with van der Waals surface area (Å²) in [6.45, 7) is 6.18. The number of halogens is 1. The van der Waals surface area contributed by atoms with Gasteiger partial charge in [0, 0.05) is 36.1 Å². The summed E-state index contributed by atoms with van der Waals surface area (Å²) in [6, 6.07) is 13.5. The van der Waals surface area contributed by atoms with E-state index in [9.17, 15) is 4.79 Å². The van der Waals surface area contributed by atoms with Crippen LogP contribution < -0.4 is 11.0 Å². The third-order valence-corrected chi connectivity index (χ3v) is 4.73. The molecule has 6 heteroatoms. The Bertz CT molecular complexity index is 1100. The number of aliphatic imine (C=N–C) groups is 1. The molecule has 0 fully saturated rings. The maximum Gasteiger partial charge on any atom is 0.326 e. The lowest BCUT2D eigenvalue weighted by atomic mass is 10.0. The monoisotopic (exact) mass is 380 g/mol. The van der Waals surface area contributed by atoms with Gasteiger partial charge >= 0.3 is 5.69 Å². The Balaban J connectivity index is 1.87. The molecule has 27 heavy (non-hydrogen) atoms. The van der Waals surface area contributed by atoms with Crippen LogP contribution in [0.3, 0.4) is 0 Å². The summed E-state index contributed by atoms with van der Waals surface area (Å²) in [5, 5.41) is 4.10. The molecule has 3 aromatic rings. The van der Waals surface area contributed by atoms with E-state index in [1.807, 2.05) is 55.5 Å². The van der Waals surface area contributed by atoms with Crippen LogP contribution in [0.15, 0.2) is 70.2 Å². The van der Waals surface area contributed by atoms with Crippen molar-refractivity contribution in [1.29, 1.82) is 0 Å². The first kappa shape index (κ1) is 18.7. The Labute approximate surface area is 162 Å². The van der Waals surface area contributed by atoms with Crippen LogP contribution in [0.1, 0.15) is 18.1 Å². The number of imidazole rings is 1. The Morgan fingerprint density at radius 3 is 2.85 bits per heavy atom. The van der Waals surface area contributed by atoms with E-state index >= 15 is 0 Å². The topological polar surface area (TPSA) is 62.2 Å². The van der Waals surface area contributed by atoms with Gasteiger partial charge in [-0.3, -0.25) is 9.56 Å². The molecule has 2 N–H and O–H groups in total. The van der Waals surface area contributed by atoms with Crippen LogP contribution in [0.2, 0.25) is 5.02 Å². The van der Waals surface area contributed by atoms with Crippen LogP contribution in [0.5, 0.6) is 0 Å². The molecule has 138 valence electrons. The fourth-order valence-electron chi connectivity index (χ4n) is 2.86. The van der Waals surface area contributed by atoms with E-state index in [0.717, 1.165) is 38.5 Å². The third-order valence-electron chi connectivity index (χ3n) is 4.36. The Hall–Kier alpha value is -3.05. The van der Waals surface area contributed by atoms with E-state index in [1.165, 1.54) is 0 Å².